The molecule has 0 saturated carbocycles. The second-order valence-electron chi connectivity index (χ2n) is 4.00. The van der Waals surface area contributed by atoms with Crippen LogP contribution in [-0.2, 0) is 4.79 Å². The van der Waals surface area contributed by atoms with Gasteiger partial charge in [-0.15, -0.1) is 0 Å². The number of rotatable bonds is 4. The summed E-state index contributed by atoms with van der Waals surface area (Å²) in [5, 5.41) is 8.52. The van der Waals surface area contributed by atoms with Gasteiger partial charge in [0, 0.05) is 6.08 Å². The minimum Gasteiger partial charge on any atom is -0.478 e. The van der Waals surface area contributed by atoms with Crippen LogP contribution in [0.5, 0.6) is 5.75 Å². The van der Waals surface area contributed by atoms with E-state index in [-0.39, 0.29) is 0 Å². The smallest absolute Gasteiger partial charge is 0.343 e. The molecular formula is C16H12O4. The van der Waals surface area contributed by atoms with Crippen LogP contribution < -0.4 is 4.74 Å². The fourth-order valence-corrected chi connectivity index (χ4v) is 1.55. The van der Waals surface area contributed by atoms with Crippen LogP contribution in [0.3, 0.4) is 0 Å². The van der Waals surface area contributed by atoms with E-state index in [1.165, 1.54) is 6.08 Å². The average molecular weight is 268 g/mol. The predicted octanol–water partition coefficient (Wildman–Crippen LogP) is 3.00. The van der Waals surface area contributed by atoms with Crippen LogP contribution in [0.2, 0.25) is 0 Å². The minimum atomic E-state index is -1.01. The molecule has 0 heterocycles. The SMILES string of the molecule is O=C(O)/C=C\c1ccc(OC(=O)c2ccccc2)cc1. The normalized spacial score (nSPS) is 10.4. The number of hydrogen-bond acceptors (Lipinski definition) is 3. The van der Waals surface area contributed by atoms with Gasteiger partial charge in [0.25, 0.3) is 0 Å². The highest BCUT2D eigenvalue weighted by Gasteiger charge is 2.07. The molecule has 100 valence electrons. The van der Waals surface area contributed by atoms with E-state index in [0.29, 0.717) is 16.9 Å². The molecule has 2 aromatic carbocycles. The van der Waals surface area contributed by atoms with Gasteiger partial charge in [0.1, 0.15) is 5.75 Å². The van der Waals surface area contributed by atoms with E-state index in [1.807, 2.05) is 6.07 Å². The van der Waals surface area contributed by atoms with Gasteiger partial charge in [-0.3, -0.25) is 0 Å². The first-order valence-corrected chi connectivity index (χ1v) is 5.93. The number of esters is 1. The van der Waals surface area contributed by atoms with Gasteiger partial charge in [-0.2, -0.15) is 0 Å². The van der Waals surface area contributed by atoms with Crippen LogP contribution in [-0.4, -0.2) is 17.0 Å². The molecule has 0 amide bonds. The first kappa shape index (κ1) is 13.5. The number of carbonyl (C=O) groups excluding carboxylic acids is 1. The average Bonchev–Trinajstić information content (AvgIpc) is 2.47. The quantitative estimate of drug-likeness (QED) is 0.526. The molecule has 0 aliphatic carbocycles. The maximum absolute atomic E-state index is 11.8. The van der Waals surface area contributed by atoms with Gasteiger partial charge >= 0.3 is 11.9 Å². The fourth-order valence-electron chi connectivity index (χ4n) is 1.55. The summed E-state index contributed by atoms with van der Waals surface area (Å²) < 4.78 is 5.20. The monoisotopic (exact) mass is 268 g/mol. The molecule has 0 aliphatic rings. The Hall–Kier alpha value is -2.88. The maximum Gasteiger partial charge on any atom is 0.343 e. The van der Waals surface area contributed by atoms with Crippen molar-refractivity contribution in [2.75, 3.05) is 0 Å². The summed E-state index contributed by atoms with van der Waals surface area (Å²) in [6.07, 6.45) is 2.51. The Balaban J connectivity index is 2.04. The molecule has 20 heavy (non-hydrogen) atoms. The highest BCUT2D eigenvalue weighted by Crippen LogP contribution is 2.15. The van der Waals surface area contributed by atoms with E-state index in [0.717, 1.165) is 6.08 Å². The van der Waals surface area contributed by atoms with Gasteiger partial charge in [0.2, 0.25) is 0 Å². The van der Waals surface area contributed by atoms with E-state index >= 15 is 0 Å². The molecule has 0 spiro atoms. The Morgan fingerprint density at radius 2 is 1.60 bits per heavy atom. The van der Waals surface area contributed by atoms with Crippen LogP contribution in [0, 0.1) is 0 Å². The highest BCUT2D eigenvalue weighted by atomic mass is 16.5. The maximum atomic E-state index is 11.8. The summed E-state index contributed by atoms with van der Waals surface area (Å²) in [7, 11) is 0. The number of hydrogen-bond donors (Lipinski definition) is 1. The van der Waals surface area contributed by atoms with Crippen molar-refractivity contribution >= 4 is 18.0 Å². The number of aliphatic carboxylic acids is 1. The van der Waals surface area contributed by atoms with Crippen LogP contribution in [0.1, 0.15) is 15.9 Å². The van der Waals surface area contributed by atoms with Gasteiger partial charge in [0.15, 0.2) is 0 Å². The second-order valence-corrected chi connectivity index (χ2v) is 4.00. The van der Waals surface area contributed by atoms with E-state index in [9.17, 15) is 9.59 Å². The molecule has 1 N–H and O–H groups in total. The molecule has 0 saturated heterocycles. The van der Waals surface area contributed by atoms with Gasteiger partial charge in [-0.05, 0) is 35.9 Å². The fraction of sp³-hybridized carbons (Fsp3) is 0. The molecule has 4 nitrogen and oxygen atoms in total. The van der Waals surface area contributed by atoms with Crippen LogP contribution in [0.4, 0.5) is 0 Å². The van der Waals surface area contributed by atoms with Gasteiger partial charge < -0.3 is 9.84 Å². The van der Waals surface area contributed by atoms with Crippen molar-refractivity contribution in [3.63, 3.8) is 0 Å². The number of carbonyl (C=O) groups is 2. The standard InChI is InChI=1S/C16H12O4/c17-15(18)11-8-12-6-9-14(10-7-12)20-16(19)13-4-2-1-3-5-13/h1-11H,(H,17,18)/b11-8-. The molecule has 2 rings (SSSR count). The van der Waals surface area contributed by atoms with Gasteiger partial charge in [-0.1, -0.05) is 30.3 Å². The number of carboxylic acids is 1. The zero-order valence-electron chi connectivity index (χ0n) is 10.5. The number of ether oxygens (including phenoxy) is 1. The zero-order valence-corrected chi connectivity index (χ0v) is 10.5. The summed E-state index contributed by atoms with van der Waals surface area (Å²) in [5.74, 6) is -1.03. The summed E-state index contributed by atoms with van der Waals surface area (Å²) >= 11 is 0. The summed E-state index contributed by atoms with van der Waals surface area (Å²) in [4.78, 5) is 22.2. The molecule has 4 heteroatoms. The summed E-state index contributed by atoms with van der Waals surface area (Å²) in [5.41, 5.74) is 1.19. The summed E-state index contributed by atoms with van der Waals surface area (Å²) in [6, 6.07) is 15.3. The highest BCUT2D eigenvalue weighted by molar-refractivity contribution is 5.91. The third kappa shape index (κ3) is 3.81. The molecule has 0 aliphatic heterocycles. The second kappa shape index (κ2) is 6.33. The molecule has 0 fully saturated rings. The largest absolute Gasteiger partial charge is 0.478 e. The Morgan fingerprint density at radius 1 is 0.950 bits per heavy atom. The Bertz CT molecular complexity index is 627. The summed E-state index contributed by atoms with van der Waals surface area (Å²) in [6.45, 7) is 0. The topological polar surface area (TPSA) is 63.6 Å². The number of carboxylic acid groups (broad SMARTS) is 1. The number of benzene rings is 2. The third-order valence-corrected chi connectivity index (χ3v) is 2.52. The van der Waals surface area contributed by atoms with Crippen LogP contribution >= 0.6 is 0 Å². The van der Waals surface area contributed by atoms with Crippen LogP contribution in [0.25, 0.3) is 6.08 Å². The van der Waals surface area contributed by atoms with Crippen molar-refractivity contribution in [1.29, 1.82) is 0 Å². The van der Waals surface area contributed by atoms with Crippen molar-refractivity contribution in [3.05, 3.63) is 71.8 Å². The minimum absolute atomic E-state index is 0.409. The Labute approximate surface area is 115 Å². The van der Waals surface area contributed by atoms with E-state index in [1.54, 1.807) is 48.5 Å². The van der Waals surface area contributed by atoms with Crippen molar-refractivity contribution < 1.29 is 19.4 Å². The predicted molar refractivity (Wildman–Crippen MR) is 74.5 cm³/mol. The van der Waals surface area contributed by atoms with E-state index in [2.05, 4.69) is 0 Å². The van der Waals surface area contributed by atoms with E-state index in [4.69, 9.17) is 9.84 Å². The molecule has 0 aromatic heterocycles. The molecular weight excluding hydrogens is 256 g/mol. The van der Waals surface area contributed by atoms with Crippen molar-refractivity contribution in [1.82, 2.24) is 0 Å². The molecule has 0 unspecified atom stereocenters. The Morgan fingerprint density at radius 3 is 2.20 bits per heavy atom. The van der Waals surface area contributed by atoms with Crippen molar-refractivity contribution in [2.45, 2.75) is 0 Å². The first-order valence-electron chi connectivity index (χ1n) is 5.93. The molecule has 2 aromatic rings. The molecule has 0 atom stereocenters. The lowest BCUT2D eigenvalue weighted by atomic mass is 10.2. The van der Waals surface area contributed by atoms with Crippen molar-refractivity contribution in [2.24, 2.45) is 0 Å². The lowest BCUT2D eigenvalue weighted by Crippen LogP contribution is -2.07. The lowest BCUT2D eigenvalue weighted by Gasteiger charge is -2.04. The van der Waals surface area contributed by atoms with Gasteiger partial charge in [-0.25, -0.2) is 9.59 Å². The first-order chi connectivity index (χ1) is 9.65. The van der Waals surface area contributed by atoms with Crippen LogP contribution in [0.15, 0.2) is 60.7 Å². The van der Waals surface area contributed by atoms with E-state index < -0.39 is 11.9 Å². The Kier molecular flexibility index (Phi) is 4.29. The van der Waals surface area contributed by atoms with Crippen molar-refractivity contribution in [3.8, 4) is 5.75 Å². The lowest BCUT2D eigenvalue weighted by molar-refractivity contribution is -0.131. The molecule has 0 bridgehead atoms. The third-order valence-electron chi connectivity index (χ3n) is 2.52. The van der Waals surface area contributed by atoms with Gasteiger partial charge in [0.05, 0.1) is 5.56 Å². The zero-order chi connectivity index (χ0) is 14.4. The molecule has 0 radical (unpaired) electrons.